The number of morpholine rings is 1. The monoisotopic (exact) mass is 354 g/mol. The minimum absolute atomic E-state index is 0.148. The maximum absolute atomic E-state index is 12.5. The number of rotatable bonds is 3. The van der Waals surface area contributed by atoms with Crippen molar-refractivity contribution in [2.24, 2.45) is 5.41 Å². The molecule has 0 aliphatic carbocycles. The van der Waals surface area contributed by atoms with Crippen LogP contribution in [-0.4, -0.2) is 40.5 Å². The van der Waals surface area contributed by atoms with Crippen molar-refractivity contribution in [1.82, 2.24) is 14.9 Å². The molecule has 1 aliphatic rings. The molecule has 1 aliphatic heterocycles. The summed E-state index contributed by atoms with van der Waals surface area (Å²) in [6, 6.07) is 7.82. The number of pyridine rings is 2. The second-order valence-corrected chi connectivity index (χ2v) is 7.63. The molecule has 0 unspecified atom stereocenters. The van der Waals surface area contributed by atoms with E-state index in [4.69, 9.17) is 4.74 Å². The first-order valence-electron chi connectivity index (χ1n) is 8.90. The number of hydrogen-bond acceptors (Lipinski definition) is 5. The quantitative estimate of drug-likeness (QED) is 0.914. The molecule has 2 aromatic rings. The summed E-state index contributed by atoms with van der Waals surface area (Å²) in [7, 11) is 0. The van der Waals surface area contributed by atoms with Gasteiger partial charge >= 0.3 is 0 Å². The van der Waals surface area contributed by atoms with Crippen LogP contribution in [0.5, 0.6) is 0 Å². The summed E-state index contributed by atoms with van der Waals surface area (Å²) >= 11 is 0. The number of nitrogens with zero attached hydrogens (tertiary/aromatic N) is 3. The fourth-order valence-electron chi connectivity index (χ4n) is 2.91. The number of anilines is 2. The van der Waals surface area contributed by atoms with Crippen molar-refractivity contribution in [1.29, 1.82) is 0 Å². The predicted octanol–water partition coefficient (Wildman–Crippen LogP) is 3.47. The maximum atomic E-state index is 12.5. The fourth-order valence-corrected chi connectivity index (χ4v) is 2.91. The normalized spacial score (nSPS) is 17.8. The van der Waals surface area contributed by atoms with Gasteiger partial charge in [-0.25, -0.2) is 4.98 Å². The van der Waals surface area contributed by atoms with Crippen LogP contribution in [0.4, 0.5) is 11.5 Å². The van der Waals surface area contributed by atoms with E-state index in [1.165, 1.54) is 0 Å². The first kappa shape index (κ1) is 18.3. The lowest BCUT2D eigenvalue weighted by molar-refractivity contribution is -0.147. The van der Waals surface area contributed by atoms with Gasteiger partial charge in [0.1, 0.15) is 11.9 Å². The van der Waals surface area contributed by atoms with Gasteiger partial charge in [0.05, 0.1) is 30.7 Å². The smallest absolute Gasteiger partial charge is 0.228 e. The van der Waals surface area contributed by atoms with Crippen molar-refractivity contribution in [2.75, 3.05) is 25.0 Å². The first-order valence-corrected chi connectivity index (χ1v) is 8.90. The molecule has 3 heterocycles. The average Bonchev–Trinajstić information content (AvgIpc) is 2.63. The van der Waals surface area contributed by atoms with Gasteiger partial charge in [0.2, 0.25) is 5.91 Å². The summed E-state index contributed by atoms with van der Waals surface area (Å²) in [5, 5.41) is 3.27. The zero-order valence-corrected chi connectivity index (χ0v) is 15.8. The van der Waals surface area contributed by atoms with Crippen LogP contribution in [0.15, 0.2) is 36.7 Å². The van der Waals surface area contributed by atoms with Crippen LogP contribution in [-0.2, 0) is 9.53 Å². The highest BCUT2D eigenvalue weighted by molar-refractivity contribution is 5.81. The molecule has 6 nitrogen and oxygen atoms in total. The summed E-state index contributed by atoms with van der Waals surface area (Å²) in [5.41, 5.74) is 2.39. The van der Waals surface area contributed by atoms with E-state index in [9.17, 15) is 4.79 Å². The summed E-state index contributed by atoms with van der Waals surface area (Å²) in [5.74, 6) is 0.965. The predicted molar refractivity (Wildman–Crippen MR) is 101 cm³/mol. The molecule has 1 fully saturated rings. The number of carbonyl (C=O) groups is 1. The van der Waals surface area contributed by atoms with E-state index < -0.39 is 0 Å². The van der Waals surface area contributed by atoms with Crippen LogP contribution in [0.3, 0.4) is 0 Å². The lowest BCUT2D eigenvalue weighted by Crippen LogP contribution is -2.47. The molecule has 26 heavy (non-hydrogen) atoms. The standard InChI is InChI=1S/C20H26N4O2/c1-14-6-5-9-21-18(14)23-15-7-8-16(22-12-15)17-13-24(10-11-26-17)19(25)20(2,3)4/h5-9,12,17H,10-11,13H2,1-4H3,(H,21,23)/t17-/m1/s1. The van der Waals surface area contributed by atoms with Gasteiger partial charge < -0.3 is 15.0 Å². The zero-order valence-electron chi connectivity index (χ0n) is 15.8. The number of amides is 1. The average molecular weight is 354 g/mol. The Morgan fingerprint density at radius 2 is 2.08 bits per heavy atom. The van der Waals surface area contributed by atoms with Gasteiger partial charge in [-0.15, -0.1) is 0 Å². The van der Waals surface area contributed by atoms with Crippen LogP contribution < -0.4 is 5.32 Å². The van der Waals surface area contributed by atoms with Crippen molar-refractivity contribution >= 4 is 17.4 Å². The molecule has 138 valence electrons. The van der Waals surface area contributed by atoms with Crippen LogP contribution in [0, 0.1) is 12.3 Å². The second-order valence-electron chi connectivity index (χ2n) is 7.63. The van der Waals surface area contributed by atoms with Crippen molar-refractivity contribution in [3.63, 3.8) is 0 Å². The minimum atomic E-state index is -0.385. The highest BCUT2D eigenvalue weighted by Gasteiger charge is 2.32. The maximum Gasteiger partial charge on any atom is 0.228 e. The van der Waals surface area contributed by atoms with E-state index in [2.05, 4.69) is 15.3 Å². The van der Waals surface area contributed by atoms with E-state index in [1.807, 2.05) is 56.9 Å². The molecule has 1 amide bonds. The Kier molecular flexibility index (Phi) is 5.23. The molecular weight excluding hydrogens is 328 g/mol. The van der Waals surface area contributed by atoms with Gasteiger partial charge in [-0.3, -0.25) is 9.78 Å². The van der Waals surface area contributed by atoms with Crippen LogP contribution in [0.1, 0.15) is 38.1 Å². The molecule has 0 spiro atoms. The largest absolute Gasteiger partial charge is 0.368 e. The third-order valence-electron chi connectivity index (χ3n) is 4.38. The summed E-state index contributed by atoms with van der Waals surface area (Å²) in [4.78, 5) is 23.3. The van der Waals surface area contributed by atoms with Crippen molar-refractivity contribution in [3.05, 3.63) is 47.9 Å². The summed E-state index contributed by atoms with van der Waals surface area (Å²) < 4.78 is 5.85. The molecule has 3 rings (SSSR count). The third kappa shape index (κ3) is 4.19. The molecule has 2 aromatic heterocycles. The van der Waals surface area contributed by atoms with E-state index >= 15 is 0 Å². The number of aromatic nitrogens is 2. The minimum Gasteiger partial charge on any atom is -0.368 e. The Balaban J connectivity index is 1.68. The highest BCUT2D eigenvalue weighted by Crippen LogP contribution is 2.26. The zero-order chi connectivity index (χ0) is 18.7. The van der Waals surface area contributed by atoms with Crippen molar-refractivity contribution in [3.8, 4) is 0 Å². The molecular formula is C20H26N4O2. The van der Waals surface area contributed by atoms with Gasteiger partial charge in [0.25, 0.3) is 0 Å². The van der Waals surface area contributed by atoms with Crippen molar-refractivity contribution in [2.45, 2.75) is 33.8 Å². The SMILES string of the molecule is Cc1cccnc1Nc1ccc([C@H]2CN(C(=O)C(C)(C)C)CCO2)nc1. The first-order chi connectivity index (χ1) is 12.3. The third-order valence-corrected chi connectivity index (χ3v) is 4.38. The van der Waals surface area contributed by atoms with E-state index in [0.717, 1.165) is 22.8 Å². The number of aryl methyl sites for hydroxylation is 1. The lowest BCUT2D eigenvalue weighted by Gasteiger charge is -2.36. The summed E-state index contributed by atoms with van der Waals surface area (Å²) in [6.07, 6.45) is 3.34. The topological polar surface area (TPSA) is 67.4 Å². The Hall–Kier alpha value is -2.47. The Morgan fingerprint density at radius 1 is 1.27 bits per heavy atom. The Bertz CT molecular complexity index is 768. The summed E-state index contributed by atoms with van der Waals surface area (Å²) in [6.45, 7) is 9.53. The second kappa shape index (κ2) is 7.41. The van der Waals surface area contributed by atoms with E-state index in [0.29, 0.717) is 19.7 Å². The molecule has 1 atom stereocenters. The molecule has 6 heteroatoms. The van der Waals surface area contributed by atoms with Gasteiger partial charge in [-0.05, 0) is 30.7 Å². The van der Waals surface area contributed by atoms with Gasteiger partial charge in [-0.1, -0.05) is 26.8 Å². The number of nitrogens with one attached hydrogen (secondary N) is 1. The molecule has 0 saturated carbocycles. The number of hydrogen-bond donors (Lipinski definition) is 1. The number of carbonyl (C=O) groups excluding carboxylic acids is 1. The number of ether oxygens (including phenoxy) is 1. The van der Waals surface area contributed by atoms with Gasteiger partial charge in [-0.2, -0.15) is 0 Å². The molecule has 1 N–H and O–H groups in total. The van der Waals surface area contributed by atoms with Crippen LogP contribution in [0.25, 0.3) is 0 Å². The Morgan fingerprint density at radius 3 is 2.73 bits per heavy atom. The van der Waals surface area contributed by atoms with Gasteiger partial charge in [0.15, 0.2) is 0 Å². The fraction of sp³-hybridized carbons (Fsp3) is 0.450. The highest BCUT2D eigenvalue weighted by atomic mass is 16.5. The van der Waals surface area contributed by atoms with E-state index in [1.54, 1.807) is 12.4 Å². The van der Waals surface area contributed by atoms with Gasteiger partial charge in [0, 0.05) is 18.2 Å². The van der Waals surface area contributed by atoms with Crippen molar-refractivity contribution < 1.29 is 9.53 Å². The molecule has 0 bridgehead atoms. The lowest BCUT2D eigenvalue weighted by atomic mass is 9.94. The van der Waals surface area contributed by atoms with E-state index in [-0.39, 0.29) is 17.4 Å². The van der Waals surface area contributed by atoms with Crippen LogP contribution >= 0.6 is 0 Å². The molecule has 1 saturated heterocycles. The van der Waals surface area contributed by atoms with Crippen LogP contribution in [0.2, 0.25) is 0 Å². The molecule has 0 radical (unpaired) electrons. The molecule has 0 aromatic carbocycles. The Labute approximate surface area is 154 Å².